The van der Waals surface area contributed by atoms with E-state index in [-0.39, 0.29) is 0 Å². The lowest BCUT2D eigenvalue weighted by Crippen LogP contribution is -2.26. The largest absolute Gasteiger partial charge is 0.398 e. The maximum Gasteiger partial charge on any atom is 0.0387 e. The van der Waals surface area contributed by atoms with E-state index in [4.69, 9.17) is 5.73 Å². The van der Waals surface area contributed by atoms with E-state index in [1.54, 1.807) is 0 Å². The first-order valence-corrected chi connectivity index (χ1v) is 7.49. The summed E-state index contributed by atoms with van der Waals surface area (Å²) >= 11 is 0. The van der Waals surface area contributed by atoms with Crippen LogP contribution >= 0.6 is 0 Å². The summed E-state index contributed by atoms with van der Waals surface area (Å²) in [6, 6.07) is 6.48. The summed E-state index contributed by atoms with van der Waals surface area (Å²) in [5.41, 5.74) is 9.84. The Morgan fingerprint density at radius 1 is 1.16 bits per heavy atom. The molecule has 0 spiro atoms. The number of nitrogens with zero attached hydrogens (tertiary/aromatic N) is 1. The molecule has 1 atom stereocenters. The zero-order valence-electron chi connectivity index (χ0n) is 12.9. The molecule has 1 heterocycles. The zero-order chi connectivity index (χ0) is 14.0. The van der Waals surface area contributed by atoms with Crippen molar-refractivity contribution in [3.63, 3.8) is 0 Å². The van der Waals surface area contributed by atoms with Gasteiger partial charge in [0.15, 0.2) is 0 Å². The fraction of sp³-hybridized carbons (Fsp3) is 0.647. The van der Waals surface area contributed by atoms with Gasteiger partial charge < -0.3 is 10.6 Å². The van der Waals surface area contributed by atoms with Gasteiger partial charge in [-0.25, -0.2) is 0 Å². The average molecular weight is 260 g/mol. The molecule has 0 radical (unpaired) electrons. The molecule has 0 bridgehead atoms. The maximum atomic E-state index is 6.04. The normalized spacial score (nSPS) is 21.3. The van der Waals surface area contributed by atoms with E-state index in [1.807, 2.05) is 0 Å². The Morgan fingerprint density at radius 3 is 2.53 bits per heavy atom. The quantitative estimate of drug-likeness (QED) is 0.766. The third-order valence-electron chi connectivity index (χ3n) is 4.58. The number of anilines is 2. The monoisotopic (exact) mass is 260 g/mol. The second-order valence-electron chi connectivity index (χ2n) is 7.02. The predicted molar refractivity (Wildman–Crippen MR) is 84.6 cm³/mol. The highest BCUT2D eigenvalue weighted by molar-refractivity contribution is 5.59. The molecule has 2 rings (SSSR count). The number of hydrogen-bond donors (Lipinski definition) is 1. The summed E-state index contributed by atoms with van der Waals surface area (Å²) in [5.74, 6) is 0.834. The van der Waals surface area contributed by atoms with Crippen molar-refractivity contribution < 1.29 is 0 Å². The third kappa shape index (κ3) is 3.43. The van der Waals surface area contributed by atoms with Gasteiger partial charge in [-0.1, -0.05) is 26.8 Å². The van der Waals surface area contributed by atoms with E-state index in [9.17, 15) is 0 Å². The van der Waals surface area contributed by atoms with Gasteiger partial charge >= 0.3 is 0 Å². The van der Waals surface area contributed by atoms with Crippen LogP contribution in [0.1, 0.15) is 45.6 Å². The average Bonchev–Trinajstić information content (AvgIpc) is 2.57. The number of rotatable bonds is 1. The highest BCUT2D eigenvalue weighted by atomic mass is 15.1. The van der Waals surface area contributed by atoms with Crippen molar-refractivity contribution >= 4 is 11.4 Å². The number of benzene rings is 1. The molecule has 0 amide bonds. The lowest BCUT2D eigenvalue weighted by Gasteiger charge is -2.30. The Hall–Kier alpha value is -1.18. The van der Waals surface area contributed by atoms with Crippen molar-refractivity contribution in [1.82, 2.24) is 0 Å². The number of aryl methyl sites for hydroxylation is 1. The molecule has 2 nitrogen and oxygen atoms in total. The third-order valence-corrected chi connectivity index (χ3v) is 4.58. The van der Waals surface area contributed by atoms with Crippen LogP contribution in [0.5, 0.6) is 0 Å². The lowest BCUT2D eigenvalue weighted by atomic mass is 9.77. The highest BCUT2D eigenvalue weighted by Gasteiger charge is 2.27. The molecular weight excluding hydrogens is 232 g/mol. The van der Waals surface area contributed by atoms with Crippen LogP contribution in [0.2, 0.25) is 0 Å². The molecular formula is C17H28N2. The number of nitrogen functional groups attached to an aromatic ring is 1. The van der Waals surface area contributed by atoms with Gasteiger partial charge in [0.05, 0.1) is 0 Å². The summed E-state index contributed by atoms with van der Waals surface area (Å²) in [6.07, 6.45) is 3.92. The Balaban J connectivity index is 2.08. The van der Waals surface area contributed by atoms with E-state index in [0.717, 1.165) is 24.7 Å². The van der Waals surface area contributed by atoms with Gasteiger partial charge in [-0.15, -0.1) is 0 Å². The van der Waals surface area contributed by atoms with E-state index < -0.39 is 0 Å². The van der Waals surface area contributed by atoms with Crippen LogP contribution in [-0.4, -0.2) is 13.1 Å². The molecule has 1 saturated heterocycles. The molecule has 0 aromatic heterocycles. The molecule has 1 unspecified atom stereocenters. The van der Waals surface area contributed by atoms with Gasteiger partial charge in [-0.3, -0.25) is 0 Å². The van der Waals surface area contributed by atoms with Crippen molar-refractivity contribution in [3.05, 3.63) is 23.8 Å². The first kappa shape index (κ1) is 14.2. The van der Waals surface area contributed by atoms with Crippen molar-refractivity contribution in [2.45, 2.75) is 47.0 Å². The standard InChI is InChI=1S/C17H28N2/c1-13-7-8-15(12-16(13)18)19-10-5-6-14(9-11-19)17(2,3)4/h7-8,12,14H,5-6,9-11,18H2,1-4H3. The van der Waals surface area contributed by atoms with Gasteiger partial charge in [0.25, 0.3) is 0 Å². The second-order valence-corrected chi connectivity index (χ2v) is 7.02. The molecule has 1 fully saturated rings. The van der Waals surface area contributed by atoms with Crippen LogP contribution in [0.15, 0.2) is 18.2 Å². The van der Waals surface area contributed by atoms with Crippen molar-refractivity contribution in [3.8, 4) is 0 Å². The topological polar surface area (TPSA) is 29.3 Å². The summed E-state index contributed by atoms with van der Waals surface area (Å²) in [5, 5.41) is 0. The molecule has 1 aliphatic heterocycles. The molecule has 1 aromatic rings. The Kier molecular flexibility index (Phi) is 4.07. The molecule has 19 heavy (non-hydrogen) atoms. The smallest absolute Gasteiger partial charge is 0.0387 e. The fourth-order valence-corrected chi connectivity index (χ4v) is 3.05. The molecule has 0 saturated carbocycles. The summed E-state index contributed by atoms with van der Waals surface area (Å²) in [4.78, 5) is 2.50. The molecule has 106 valence electrons. The minimum atomic E-state index is 0.433. The van der Waals surface area contributed by atoms with Crippen LogP contribution in [0.25, 0.3) is 0 Å². The SMILES string of the molecule is Cc1ccc(N2CCCC(C(C)(C)C)CC2)cc1N. The predicted octanol–water partition coefficient (Wildman–Crippen LogP) is 4.23. The fourth-order valence-electron chi connectivity index (χ4n) is 3.05. The van der Waals surface area contributed by atoms with Crippen LogP contribution in [0.3, 0.4) is 0 Å². The summed E-state index contributed by atoms with van der Waals surface area (Å²) < 4.78 is 0. The van der Waals surface area contributed by atoms with Crippen LogP contribution in [0, 0.1) is 18.3 Å². The van der Waals surface area contributed by atoms with Crippen LogP contribution in [0.4, 0.5) is 11.4 Å². The van der Waals surface area contributed by atoms with Crippen molar-refractivity contribution in [1.29, 1.82) is 0 Å². The zero-order valence-corrected chi connectivity index (χ0v) is 12.9. The van der Waals surface area contributed by atoms with Crippen molar-refractivity contribution in [2.75, 3.05) is 23.7 Å². The lowest BCUT2D eigenvalue weighted by molar-refractivity contribution is 0.220. The second kappa shape index (κ2) is 5.44. The van der Waals surface area contributed by atoms with Gasteiger partial charge in [0.2, 0.25) is 0 Å². The Bertz CT molecular complexity index is 431. The highest BCUT2D eigenvalue weighted by Crippen LogP contribution is 2.35. The number of nitrogens with two attached hydrogens (primary N) is 1. The van der Waals surface area contributed by atoms with Crippen LogP contribution in [-0.2, 0) is 0 Å². The van der Waals surface area contributed by atoms with E-state index >= 15 is 0 Å². The number of hydrogen-bond acceptors (Lipinski definition) is 2. The maximum absolute atomic E-state index is 6.04. The van der Waals surface area contributed by atoms with E-state index in [2.05, 4.69) is 50.8 Å². The molecule has 1 aliphatic rings. The van der Waals surface area contributed by atoms with Crippen LogP contribution < -0.4 is 10.6 Å². The molecule has 1 aromatic carbocycles. The Labute approximate surface area is 118 Å². The van der Waals surface area contributed by atoms with Crippen molar-refractivity contribution in [2.24, 2.45) is 11.3 Å². The molecule has 0 aliphatic carbocycles. The van der Waals surface area contributed by atoms with Gasteiger partial charge in [0, 0.05) is 24.5 Å². The minimum absolute atomic E-state index is 0.433. The molecule has 2 heteroatoms. The van der Waals surface area contributed by atoms with Gasteiger partial charge in [-0.2, -0.15) is 0 Å². The first-order chi connectivity index (χ1) is 8.88. The van der Waals surface area contributed by atoms with Gasteiger partial charge in [-0.05, 0) is 55.2 Å². The van der Waals surface area contributed by atoms with E-state index in [0.29, 0.717) is 5.41 Å². The Morgan fingerprint density at radius 2 is 1.89 bits per heavy atom. The first-order valence-electron chi connectivity index (χ1n) is 7.49. The summed E-state index contributed by atoms with van der Waals surface area (Å²) in [6.45, 7) is 11.5. The molecule has 2 N–H and O–H groups in total. The van der Waals surface area contributed by atoms with E-state index in [1.165, 1.54) is 30.5 Å². The minimum Gasteiger partial charge on any atom is -0.398 e. The summed E-state index contributed by atoms with van der Waals surface area (Å²) in [7, 11) is 0. The van der Waals surface area contributed by atoms with Gasteiger partial charge in [0.1, 0.15) is 0 Å².